The van der Waals surface area contributed by atoms with Crippen LogP contribution in [-0.2, 0) is 14.8 Å². The minimum Gasteiger partial charge on any atom is -0.326 e. The molecule has 0 aromatic heterocycles. The van der Waals surface area contributed by atoms with Crippen LogP contribution in [0.4, 0.5) is 16.2 Å². The molecule has 0 bridgehead atoms. The van der Waals surface area contributed by atoms with Crippen LogP contribution in [0.2, 0.25) is 0 Å². The zero-order chi connectivity index (χ0) is 19.4. The second kappa shape index (κ2) is 8.16. The second-order valence-electron chi connectivity index (χ2n) is 7.21. The summed E-state index contributed by atoms with van der Waals surface area (Å²) in [7, 11) is -3.38. The molecule has 2 aliphatic heterocycles. The third-order valence-electron chi connectivity index (χ3n) is 4.87. The van der Waals surface area contributed by atoms with Crippen LogP contribution in [0.15, 0.2) is 24.3 Å². The number of urea groups is 1. The molecular weight excluding hydrogens is 368 g/mol. The summed E-state index contributed by atoms with van der Waals surface area (Å²) in [6, 6.07) is 6.61. The molecule has 2 N–H and O–H groups in total. The van der Waals surface area contributed by atoms with E-state index in [-0.39, 0.29) is 17.9 Å². The fourth-order valence-electron chi connectivity index (χ4n) is 3.59. The largest absolute Gasteiger partial charge is 0.326 e. The van der Waals surface area contributed by atoms with Crippen molar-refractivity contribution in [2.24, 2.45) is 5.92 Å². The Kier molecular flexibility index (Phi) is 5.88. The molecule has 2 aliphatic rings. The molecule has 9 heteroatoms. The van der Waals surface area contributed by atoms with Gasteiger partial charge in [-0.2, -0.15) is 0 Å². The Balaban J connectivity index is 1.60. The number of benzene rings is 1. The van der Waals surface area contributed by atoms with Crippen molar-refractivity contribution in [3.63, 3.8) is 0 Å². The van der Waals surface area contributed by atoms with Crippen molar-refractivity contribution in [2.75, 3.05) is 42.5 Å². The summed E-state index contributed by atoms with van der Waals surface area (Å²) in [6.07, 6.45) is 4.69. The van der Waals surface area contributed by atoms with E-state index < -0.39 is 10.0 Å². The molecule has 0 aliphatic carbocycles. The van der Waals surface area contributed by atoms with Gasteiger partial charge in [0.2, 0.25) is 15.9 Å². The van der Waals surface area contributed by atoms with E-state index in [2.05, 4.69) is 10.0 Å². The number of carbonyl (C=O) groups excluding carboxylic acids is 2. The number of sulfonamides is 1. The van der Waals surface area contributed by atoms with Crippen molar-refractivity contribution < 1.29 is 18.0 Å². The average Bonchev–Trinajstić information content (AvgIpc) is 3.14. The van der Waals surface area contributed by atoms with Crippen LogP contribution in [0.3, 0.4) is 0 Å². The molecule has 2 saturated heterocycles. The molecule has 1 aromatic carbocycles. The SMILES string of the molecule is CS(=O)(=O)Nc1cccc(NC(=O)[C@@H]2CCCN(C(=O)N3CCCC3)C2)c1. The summed E-state index contributed by atoms with van der Waals surface area (Å²) in [5.41, 5.74) is 0.918. The smallest absolute Gasteiger partial charge is 0.320 e. The van der Waals surface area contributed by atoms with Crippen molar-refractivity contribution in [3.8, 4) is 0 Å². The molecular formula is C18H26N4O4S. The van der Waals surface area contributed by atoms with Gasteiger partial charge in [0.15, 0.2) is 0 Å². The number of rotatable bonds is 4. The number of nitrogens with one attached hydrogen (secondary N) is 2. The van der Waals surface area contributed by atoms with Crippen molar-refractivity contribution >= 4 is 33.3 Å². The maximum Gasteiger partial charge on any atom is 0.320 e. The molecule has 3 amide bonds. The van der Waals surface area contributed by atoms with E-state index in [1.807, 2.05) is 4.90 Å². The molecule has 1 atom stereocenters. The maximum atomic E-state index is 12.7. The zero-order valence-corrected chi connectivity index (χ0v) is 16.3. The van der Waals surface area contributed by atoms with Crippen LogP contribution in [0.1, 0.15) is 25.7 Å². The number of anilines is 2. The van der Waals surface area contributed by atoms with E-state index in [4.69, 9.17) is 0 Å². The van der Waals surface area contributed by atoms with Gasteiger partial charge in [0.25, 0.3) is 0 Å². The Labute approximate surface area is 160 Å². The summed E-state index contributed by atoms with van der Waals surface area (Å²) in [5.74, 6) is -0.415. The first-order chi connectivity index (χ1) is 12.8. The summed E-state index contributed by atoms with van der Waals surface area (Å²) < 4.78 is 25.1. The van der Waals surface area contributed by atoms with Crippen LogP contribution >= 0.6 is 0 Å². The molecule has 148 valence electrons. The molecule has 0 radical (unpaired) electrons. The molecule has 27 heavy (non-hydrogen) atoms. The minimum atomic E-state index is -3.38. The van der Waals surface area contributed by atoms with Gasteiger partial charge in [0.05, 0.1) is 17.9 Å². The first-order valence-electron chi connectivity index (χ1n) is 9.24. The van der Waals surface area contributed by atoms with E-state index in [0.29, 0.717) is 24.5 Å². The topological polar surface area (TPSA) is 98.8 Å². The zero-order valence-electron chi connectivity index (χ0n) is 15.5. The molecule has 0 spiro atoms. The Morgan fingerprint density at radius 2 is 1.70 bits per heavy atom. The highest BCUT2D eigenvalue weighted by molar-refractivity contribution is 7.92. The highest BCUT2D eigenvalue weighted by atomic mass is 32.2. The van der Waals surface area contributed by atoms with Crippen LogP contribution in [0, 0.1) is 5.92 Å². The highest BCUT2D eigenvalue weighted by Crippen LogP contribution is 2.22. The predicted molar refractivity (Wildman–Crippen MR) is 104 cm³/mol. The van der Waals surface area contributed by atoms with Crippen LogP contribution in [0.5, 0.6) is 0 Å². The Bertz CT molecular complexity index is 805. The van der Waals surface area contributed by atoms with Gasteiger partial charge < -0.3 is 15.1 Å². The molecule has 2 fully saturated rings. The van der Waals surface area contributed by atoms with Crippen molar-refractivity contribution in [1.82, 2.24) is 9.80 Å². The normalized spacial score (nSPS) is 20.4. The lowest BCUT2D eigenvalue weighted by Crippen LogP contribution is -2.48. The molecule has 0 saturated carbocycles. The van der Waals surface area contributed by atoms with Gasteiger partial charge in [0, 0.05) is 31.9 Å². The van der Waals surface area contributed by atoms with Gasteiger partial charge in [-0.05, 0) is 43.9 Å². The van der Waals surface area contributed by atoms with Crippen molar-refractivity contribution in [1.29, 1.82) is 0 Å². The predicted octanol–water partition coefficient (Wildman–Crippen LogP) is 1.92. The lowest BCUT2D eigenvalue weighted by atomic mass is 9.97. The van der Waals surface area contributed by atoms with Gasteiger partial charge in [-0.1, -0.05) is 6.07 Å². The Morgan fingerprint density at radius 1 is 1.04 bits per heavy atom. The fraction of sp³-hybridized carbons (Fsp3) is 0.556. The second-order valence-corrected chi connectivity index (χ2v) is 8.95. The quantitative estimate of drug-likeness (QED) is 0.815. The number of nitrogens with zero attached hydrogens (tertiary/aromatic N) is 2. The van der Waals surface area contributed by atoms with E-state index >= 15 is 0 Å². The third kappa shape index (κ3) is 5.35. The van der Waals surface area contributed by atoms with Crippen LogP contribution in [0.25, 0.3) is 0 Å². The van der Waals surface area contributed by atoms with E-state index in [0.717, 1.165) is 45.0 Å². The highest BCUT2D eigenvalue weighted by Gasteiger charge is 2.31. The number of hydrogen-bond donors (Lipinski definition) is 2. The lowest BCUT2D eigenvalue weighted by molar-refractivity contribution is -0.121. The molecule has 3 rings (SSSR count). The van der Waals surface area contributed by atoms with Gasteiger partial charge >= 0.3 is 6.03 Å². The lowest BCUT2D eigenvalue weighted by Gasteiger charge is -2.34. The van der Waals surface area contributed by atoms with E-state index in [1.54, 1.807) is 29.2 Å². The maximum absolute atomic E-state index is 12.7. The average molecular weight is 394 g/mol. The first-order valence-corrected chi connectivity index (χ1v) is 11.1. The molecule has 8 nitrogen and oxygen atoms in total. The molecule has 0 unspecified atom stereocenters. The van der Waals surface area contributed by atoms with Crippen LogP contribution in [-0.4, -0.2) is 62.6 Å². The summed E-state index contributed by atoms with van der Waals surface area (Å²) >= 11 is 0. The van der Waals surface area contributed by atoms with Gasteiger partial charge in [-0.25, -0.2) is 13.2 Å². The van der Waals surface area contributed by atoms with E-state index in [9.17, 15) is 18.0 Å². The first kappa shape index (κ1) is 19.5. The number of likely N-dealkylation sites (tertiary alicyclic amines) is 2. The summed E-state index contributed by atoms with van der Waals surface area (Å²) in [5, 5.41) is 2.84. The van der Waals surface area contributed by atoms with E-state index in [1.165, 1.54) is 0 Å². The number of carbonyl (C=O) groups is 2. The van der Waals surface area contributed by atoms with Gasteiger partial charge in [0.1, 0.15) is 0 Å². The van der Waals surface area contributed by atoms with Crippen LogP contribution < -0.4 is 10.0 Å². The summed E-state index contributed by atoms with van der Waals surface area (Å²) in [6.45, 7) is 2.70. The number of amides is 3. The van der Waals surface area contributed by atoms with Gasteiger partial charge in [-0.3, -0.25) is 9.52 Å². The number of hydrogen-bond acceptors (Lipinski definition) is 4. The fourth-order valence-corrected chi connectivity index (χ4v) is 4.15. The van der Waals surface area contributed by atoms with Gasteiger partial charge in [-0.15, -0.1) is 0 Å². The third-order valence-corrected chi connectivity index (χ3v) is 5.48. The Hall–Kier alpha value is -2.29. The van der Waals surface area contributed by atoms with Crippen molar-refractivity contribution in [3.05, 3.63) is 24.3 Å². The molecule has 1 aromatic rings. The standard InChI is InChI=1S/C18H26N4O4S/c1-27(25,26)20-16-8-4-7-15(12-16)19-17(23)14-6-5-11-22(13-14)18(24)21-9-2-3-10-21/h4,7-8,12,14,20H,2-3,5-6,9-11,13H2,1H3,(H,19,23)/t14-/m1/s1. The number of piperidine rings is 1. The van der Waals surface area contributed by atoms with Crippen molar-refractivity contribution in [2.45, 2.75) is 25.7 Å². The Morgan fingerprint density at radius 3 is 2.41 bits per heavy atom. The monoisotopic (exact) mass is 394 g/mol. The minimum absolute atomic E-state index is 0.0318. The summed E-state index contributed by atoms with van der Waals surface area (Å²) in [4.78, 5) is 28.9. The molecule has 2 heterocycles.